The molecular weight excluding hydrogens is 386 g/mol. The first kappa shape index (κ1) is 23.5. The molecule has 0 spiro atoms. The zero-order valence-electron chi connectivity index (χ0n) is 15.8. The van der Waals surface area contributed by atoms with E-state index in [2.05, 4.69) is 10.3 Å². The summed E-state index contributed by atoms with van der Waals surface area (Å²) in [6, 6.07) is 5.66. The molecule has 1 aromatic heterocycles. The van der Waals surface area contributed by atoms with E-state index in [4.69, 9.17) is 15.6 Å². The van der Waals surface area contributed by atoms with Crippen LogP contribution in [0.25, 0.3) is 10.9 Å². The molecule has 9 heteroatoms. The largest absolute Gasteiger partial charge is 0.480 e. The van der Waals surface area contributed by atoms with Crippen molar-refractivity contribution in [3.8, 4) is 0 Å². The predicted octanol–water partition coefficient (Wildman–Crippen LogP) is 1.76. The van der Waals surface area contributed by atoms with Gasteiger partial charge in [-0.05, 0) is 31.9 Å². The number of aromatic amines is 1. The van der Waals surface area contributed by atoms with Crippen LogP contribution in [-0.2, 0) is 25.5 Å². The maximum Gasteiger partial charge on any atom is 0.329 e. The van der Waals surface area contributed by atoms with E-state index in [1.54, 1.807) is 20.0 Å². The first-order valence-electron chi connectivity index (χ1n) is 8.81. The number of para-hydroxylation sites is 1. The molecule has 1 heterocycles. The number of nitrogens with two attached hydrogens (primary N) is 1. The number of carboxylic acid groups (broad SMARTS) is 1. The Labute approximate surface area is 169 Å². The molecule has 2 aromatic rings. The quantitative estimate of drug-likeness (QED) is 0.464. The maximum atomic E-state index is 12.4. The second-order valence-corrected chi connectivity index (χ2v) is 6.65. The van der Waals surface area contributed by atoms with E-state index >= 15 is 0 Å². The number of fused-ring (bicyclic) bond motifs is 1. The smallest absolute Gasteiger partial charge is 0.329 e. The number of hydrogen-bond acceptors (Lipinski definition) is 5. The number of nitrogens with one attached hydrogen (secondary N) is 2. The summed E-state index contributed by atoms with van der Waals surface area (Å²) in [6.07, 6.45) is 1.63. The Hall–Kier alpha value is -2.58. The lowest BCUT2D eigenvalue weighted by atomic mass is 10.0. The number of H-pyrrole nitrogens is 1. The maximum absolute atomic E-state index is 12.4. The lowest BCUT2D eigenvalue weighted by molar-refractivity contribution is -0.151. The van der Waals surface area contributed by atoms with E-state index in [0.29, 0.717) is 0 Å². The molecule has 5 N–H and O–H groups in total. The van der Waals surface area contributed by atoms with Crippen molar-refractivity contribution in [2.24, 2.45) is 5.73 Å². The van der Waals surface area contributed by atoms with E-state index in [9.17, 15) is 14.4 Å². The fourth-order valence-electron chi connectivity index (χ4n) is 2.70. The molecule has 0 saturated carbocycles. The average molecular weight is 412 g/mol. The number of ether oxygens (including phenoxy) is 1. The van der Waals surface area contributed by atoms with Gasteiger partial charge in [0.25, 0.3) is 0 Å². The minimum absolute atomic E-state index is 0. The van der Waals surface area contributed by atoms with Crippen LogP contribution in [0.4, 0.5) is 0 Å². The van der Waals surface area contributed by atoms with Crippen LogP contribution < -0.4 is 11.1 Å². The van der Waals surface area contributed by atoms with Crippen molar-refractivity contribution in [1.29, 1.82) is 0 Å². The van der Waals surface area contributed by atoms with E-state index in [0.717, 1.165) is 16.5 Å². The minimum Gasteiger partial charge on any atom is -0.480 e. The number of carboxylic acids is 1. The van der Waals surface area contributed by atoms with Crippen LogP contribution in [0.2, 0.25) is 0 Å². The normalized spacial score (nSPS) is 12.9. The Morgan fingerprint density at radius 2 is 1.93 bits per heavy atom. The number of rotatable bonds is 9. The first-order chi connectivity index (χ1) is 12.8. The highest BCUT2D eigenvalue weighted by molar-refractivity contribution is 5.87. The number of halogens is 1. The summed E-state index contributed by atoms with van der Waals surface area (Å²) in [5.74, 6) is -2.15. The summed E-state index contributed by atoms with van der Waals surface area (Å²) in [6.45, 7) is 3.46. The molecule has 2 rings (SSSR count). The summed E-state index contributed by atoms with van der Waals surface area (Å²) < 4.78 is 5.26. The van der Waals surface area contributed by atoms with Crippen molar-refractivity contribution in [2.45, 2.75) is 51.3 Å². The Morgan fingerprint density at radius 1 is 1.25 bits per heavy atom. The highest BCUT2D eigenvalue weighted by Gasteiger charge is 2.25. The topological polar surface area (TPSA) is 135 Å². The Kier molecular flexibility index (Phi) is 8.94. The van der Waals surface area contributed by atoms with E-state index < -0.39 is 29.9 Å². The zero-order chi connectivity index (χ0) is 20.0. The number of aromatic nitrogens is 1. The summed E-state index contributed by atoms with van der Waals surface area (Å²) in [5, 5.41) is 12.4. The molecule has 154 valence electrons. The van der Waals surface area contributed by atoms with Gasteiger partial charge in [-0.2, -0.15) is 0 Å². The molecule has 0 fully saturated rings. The standard InChI is InChI=1S/C19H25N3O5.ClH/c1-11(2)27-19(26)16(22-17(23)8-7-14(20)18(24)25)9-12-10-21-15-6-4-3-5-13(12)15;/h3-6,10-11,14,16,21H,7-9,20H2,1-2H3,(H,22,23)(H,24,25);1H/t14-,16-;/m1./s1. The van der Waals surface area contributed by atoms with Gasteiger partial charge in [0.2, 0.25) is 5.91 Å². The third kappa shape index (κ3) is 6.54. The first-order valence-corrected chi connectivity index (χ1v) is 8.81. The van der Waals surface area contributed by atoms with Gasteiger partial charge in [-0.1, -0.05) is 18.2 Å². The van der Waals surface area contributed by atoms with Crippen molar-refractivity contribution < 1.29 is 24.2 Å². The van der Waals surface area contributed by atoms with Crippen molar-refractivity contribution in [2.75, 3.05) is 0 Å². The highest BCUT2D eigenvalue weighted by atomic mass is 35.5. The van der Waals surface area contributed by atoms with Gasteiger partial charge in [0, 0.05) is 29.9 Å². The number of benzene rings is 1. The number of amides is 1. The number of aliphatic carboxylic acids is 1. The molecule has 0 aliphatic heterocycles. The van der Waals surface area contributed by atoms with Crippen molar-refractivity contribution >= 4 is 41.2 Å². The van der Waals surface area contributed by atoms with Crippen LogP contribution in [-0.4, -0.2) is 46.1 Å². The number of carbonyl (C=O) groups excluding carboxylic acids is 2. The van der Waals surface area contributed by atoms with Gasteiger partial charge in [-0.3, -0.25) is 9.59 Å². The van der Waals surface area contributed by atoms with Crippen molar-refractivity contribution in [3.63, 3.8) is 0 Å². The summed E-state index contributed by atoms with van der Waals surface area (Å²) in [5.41, 5.74) is 7.22. The lowest BCUT2D eigenvalue weighted by Crippen LogP contribution is -2.44. The molecule has 0 radical (unpaired) electrons. The monoisotopic (exact) mass is 411 g/mol. The van der Waals surface area contributed by atoms with Crippen LogP contribution >= 0.6 is 12.4 Å². The fourth-order valence-corrected chi connectivity index (χ4v) is 2.70. The summed E-state index contributed by atoms with van der Waals surface area (Å²) in [7, 11) is 0. The van der Waals surface area contributed by atoms with Crippen LogP contribution in [0.3, 0.4) is 0 Å². The third-order valence-corrected chi connectivity index (χ3v) is 4.07. The van der Waals surface area contributed by atoms with Gasteiger partial charge in [0.05, 0.1) is 6.10 Å². The molecule has 2 atom stereocenters. The lowest BCUT2D eigenvalue weighted by Gasteiger charge is -2.19. The second-order valence-electron chi connectivity index (χ2n) is 6.65. The summed E-state index contributed by atoms with van der Waals surface area (Å²) >= 11 is 0. The fraction of sp³-hybridized carbons (Fsp3) is 0.421. The van der Waals surface area contributed by atoms with E-state index in [1.165, 1.54) is 0 Å². The summed E-state index contributed by atoms with van der Waals surface area (Å²) in [4.78, 5) is 38.5. The van der Waals surface area contributed by atoms with Gasteiger partial charge in [-0.25, -0.2) is 4.79 Å². The third-order valence-electron chi connectivity index (χ3n) is 4.07. The molecule has 1 aromatic carbocycles. The van der Waals surface area contributed by atoms with Gasteiger partial charge in [-0.15, -0.1) is 12.4 Å². The van der Waals surface area contributed by atoms with Gasteiger partial charge in [0.15, 0.2) is 0 Å². The highest BCUT2D eigenvalue weighted by Crippen LogP contribution is 2.19. The molecule has 0 aliphatic carbocycles. The molecule has 8 nitrogen and oxygen atoms in total. The van der Waals surface area contributed by atoms with Crippen LogP contribution in [0, 0.1) is 0 Å². The average Bonchev–Trinajstić information content (AvgIpc) is 3.01. The number of esters is 1. The molecule has 0 aliphatic rings. The van der Waals surface area contributed by atoms with Gasteiger partial charge >= 0.3 is 11.9 Å². The van der Waals surface area contributed by atoms with Gasteiger partial charge < -0.3 is 25.9 Å². The number of hydrogen-bond donors (Lipinski definition) is 4. The molecular formula is C19H26ClN3O5. The van der Waals surface area contributed by atoms with Crippen LogP contribution in [0.1, 0.15) is 32.3 Å². The molecule has 1 amide bonds. The predicted molar refractivity (Wildman–Crippen MR) is 107 cm³/mol. The Bertz CT molecular complexity index is 821. The van der Waals surface area contributed by atoms with Crippen LogP contribution in [0.5, 0.6) is 0 Å². The minimum atomic E-state index is -1.17. The SMILES string of the molecule is CC(C)OC(=O)[C@@H](Cc1c[nH]c2ccccc12)NC(=O)CC[C@@H](N)C(=O)O.Cl. The Balaban J connectivity index is 0.00000392. The molecule has 0 unspecified atom stereocenters. The van der Waals surface area contributed by atoms with E-state index in [-0.39, 0.29) is 37.8 Å². The molecule has 0 saturated heterocycles. The number of carbonyl (C=O) groups is 3. The Morgan fingerprint density at radius 3 is 2.57 bits per heavy atom. The van der Waals surface area contributed by atoms with Crippen molar-refractivity contribution in [1.82, 2.24) is 10.3 Å². The van der Waals surface area contributed by atoms with Crippen molar-refractivity contribution in [3.05, 3.63) is 36.0 Å². The second kappa shape index (κ2) is 10.7. The van der Waals surface area contributed by atoms with Crippen LogP contribution in [0.15, 0.2) is 30.5 Å². The van der Waals surface area contributed by atoms with E-state index in [1.807, 2.05) is 24.3 Å². The van der Waals surface area contributed by atoms with Gasteiger partial charge in [0.1, 0.15) is 12.1 Å². The zero-order valence-corrected chi connectivity index (χ0v) is 16.6. The molecule has 28 heavy (non-hydrogen) atoms. The molecule has 0 bridgehead atoms.